The Hall–Kier alpha value is -5.17. The Morgan fingerprint density at radius 3 is 2.48 bits per heavy atom. The molecule has 44 heavy (non-hydrogen) atoms. The highest BCUT2D eigenvalue weighted by atomic mass is 19.1. The van der Waals surface area contributed by atoms with Gasteiger partial charge in [0, 0.05) is 35.6 Å². The summed E-state index contributed by atoms with van der Waals surface area (Å²) in [7, 11) is 1.30. The van der Waals surface area contributed by atoms with E-state index in [4.69, 9.17) is 19.7 Å². The average Bonchev–Trinajstić information content (AvgIpc) is 3.75. The maximum atomic E-state index is 15.6. The van der Waals surface area contributed by atoms with Crippen LogP contribution < -0.4 is 4.74 Å². The molecule has 1 saturated carbocycles. The number of methoxy groups -OCH3 is 1. The zero-order chi connectivity index (χ0) is 30.8. The fourth-order valence-electron chi connectivity index (χ4n) is 5.22. The Bertz CT molecular complexity index is 1930. The van der Waals surface area contributed by atoms with Crippen LogP contribution in [-0.2, 0) is 24.3 Å². The number of benzene rings is 3. The Labute approximate surface area is 251 Å². The van der Waals surface area contributed by atoms with Crippen LogP contribution in [0.5, 0.6) is 5.88 Å². The standard InChI is InChI=1S/C34H27F3N4O3/c1-43-33(42)25-4-2-6-29-32(25)41(20-34(19-35)12-13-34)30(39-29)16-22-10-11-23(15-27(22)37)28-5-3-7-31(40-28)44-18-24-9-8-21(17-38)14-26(24)36/h2-11,14-15H,12-13,16,18-20H2,1H3. The lowest BCUT2D eigenvalue weighted by Gasteiger charge is -2.17. The highest BCUT2D eigenvalue weighted by Gasteiger charge is 2.44. The minimum atomic E-state index is -0.551. The molecule has 0 saturated heterocycles. The summed E-state index contributed by atoms with van der Waals surface area (Å²) < 4.78 is 56.3. The van der Waals surface area contributed by atoms with E-state index in [0.29, 0.717) is 45.8 Å². The molecule has 1 fully saturated rings. The summed E-state index contributed by atoms with van der Waals surface area (Å²) in [6.07, 6.45) is 1.57. The third kappa shape index (κ3) is 5.73. The van der Waals surface area contributed by atoms with E-state index in [2.05, 4.69) is 4.98 Å². The molecular formula is C34H27F3N4O3. The number of fused-ring (bicyclic) bond motifs is 1. The van der Waals surface area contributed by atoms with E-state index in [9.17, 15) is 13.6 Å². The summed E-state index contributed by atoms with van der Waals surface area (Å²) in [5, 5.41) is 8.92. The van der Waals surface area contributed by atoms with Gasteiger partial charge >= 0.3 is 5.97 Å². The van der Waals surface area contributed by atoms with Crippen LogP contribution in [0.15, 0.2) is 72.8 Å². The number of imidazole rings is 1. The minimum absolute atomic E-state index is 0.0936. The predicted molar refractivity (Wildman–Crippen MR) is 157 cm³/mol. The molecular weight excluding hydrogens is 569 g/mol. The van der Waals surface area contributed by atoms with Crippen molar-refractivity contribution in [1.82, 2.24) is 14.5 Å². The lowest BCUT2D eigenvalue weighted by molar-refractivity contribution is 0.0602. The van der Waals surface area contributed by atoms with Crippen LogP contribution in [0.2, 0.25) is 0 Å². The van der Waals surface area contributed by atoms with E-state index in [1.165, 1.54) is 25.3 Å². The van der Waals surface area contributed by atoms with Gasteiger partial charge in [-0.2, -0.15) is 5.26 Å². The molecule has 7 nitrogen and oxygen atoms in total. The molecule has 2 aromatic heterocycles. The van der Waals surface area contributed by atoms with Crippen LogP contribution in [0, 0.1) is 28.4 Å². The molecule has 5 aromatic rings. The predicted octanol–water partition coefficient (Wildman–Crippen LogP) is 6.95. The molecule has 222 valence electrons. The monoisotopic (exact) mass is 596 g/mol. The second-order valence-electron chi connectivity index (χ2n) is 11.0. The number of halogens is 3. The number of ether oxygens (including phenoxy) is 2. The van der Waals surface area contributed by atoms with Gasteiger partial charge in [0.15, 0.2) is 0 Å². The maximum Gasteiger partial charge on any atom is 0.340 e. The molecule has 1 aliphatic rings. The molecule has 6 rings (SSSR count). The van der Waals surface area contributed by atoms with Crippen LogP contribution in [0.25, 0.3) is 22.3 Å². The number of para-hydroxylation sites is 1. The Kier molecular flexibility index (Phi) is 7.78. The van der Waals surface area contributed by atoms with Crippen molar-refractivity contribution < 1.29 is 27.4 Å². The molecule has 0 spiro atoms. The Morgan fingerprint density at radius 2 is 1.77 bits per heavy atom. The number of carbonyl (C=O) groups excluding carboxylic acids is 1. The molecule has 2 heterocycles. The van der Waals surface area contributed by atoms with E-state index in [1.807, 2.05) is 10.6 Å². The van der Waals surface area contributed by atoms with E-state index in [-0.39, 0.29) is 30.0 Å². The molecule has 0 atom stereocenters. The zero-order valence-electron chi connectivity index (χ0n) is 23.8. The quantitative estimate of drug-likeness (QED) is 0.162. The number of hydrogen-bond donors (Lipinski definition) is 0. The van der Waals surface area contributed by atoms with Crippen LogP contribution in [0.1, 0.15) is 45.7 Å². The van der Waals surface area contributed by atoms with Crippen molar-refractivity contribution in [2.45, 2.75) is 32.4 Å². The highest BCUT2D eigenvalue weighted by Crippen LogP contribution is 2.48. The molecule has 0 bridgehead atoms. The van der Waals surface area contributed by atoms with Gasteiger partial charge in [-0.25, -0.2) is 23.5 Å². The van der Waals surface area contributed by atoms with Gasteiger partial charge in [0.25, 0.3) is 0 Å². The summed E-state index contributed by atoms with van der Waals surface area (Å²) in [5.74, 6) is -0.803. The van der Waals surface area contributed by atoms with Crippen LogP contribution >= 0.6 is 0 Å². The fraction of sp³-hybridized carbons (Fsp3) is 0.235. The molecule has 10 heteroatoms. The second kappa shape index (κ2) is 11.8. The highest BCUT2D eigenvalue weighted by molar-refractivity contribution is 6.02. The molecule has 0 radical (unpaired) electrons. The first kappa shape index (κ1) is 28.9. The van der Waals surface area contributed by atoms with Gasteiger partial charge in [-0.15, -0.1) is 0 Å². The van der Waals surface area contributed by atoms with Crippen molar-refractivity contribution in [2.24, 2.45) is 5.41 Å². The van der Waals surface area contributed by atoms with Gasteiger partial charge in [0.05, 0.1) is 47.7 Å². The number of esters is 1. The van der Waals surface area contributed by atoms with Crippen molar-refractivity contribution in [3.63, 3.8) is 0 Å². The van der Waals surface area contributed by atoms with Crippen LogP contribution in [0.3, 0.4) is 0 Å². The van der Waals surface area contributed by atoms with Gasteiger partial charge in [-0.05, 0) is 54.8 Å². The van der Waals surface area contributed by atoms with Crippen molar-refractivity contribution in [1.29, 1.82) is 5.26 Å². The number of rotatable bonds is 10. The van der Waals surface area contributed by atoms with Gasteiger partial charge < -0.3 is 14.0 Å². The summed E-state index contributed by atoms with van der Waals surface area (Å²) in [4.78, 5) is 21.7. The third-order valence-electron chi connectivity index (χ3n) is 7.96. The smallest absolute Gasteiger partial charge is 0.340 e. The van der Waals surface area contributed by atoms with Gasteiger partial charge in [-0.1, -0.05) is 30.3 Å². The lowest BCUT2D eigenvalue weighted by atomic mass is 10.0. The number of hydrogen-bond acceptors (Lipinski definition) is 6. The summed E-state index contributed by atoms with van der Waals surface area (Å²) in [6.45, 7) is -0.260. The van der Waals surface area contributed by atoms with E-state index in [0.717, 1.165) is 18.9 Å². The SMILES string of the molecule is COC(=O)c1cccc2nc(Cc3ccc(-c4cccc(OCc5ccc(C#N)cc5F)n4)cc3F)n(CC3(CF)CC3)c12. The van der Waals surface area contributed by atoms with E-state index in [1.54, 1.807) is 48.5 Å². The first-order chi connectivity index (χ1) is 21.3. The minimum Gasteiger partial charge on any atom is -0.473 e. The normalized spacial score (nSPS) is 13.4. The van der Waals surface area contributed by atoms with Gasteiger partial charge in [-0.3, -0.25) is 4.39 Å². The number of pyridine rings is 1. The molecule has 0 amide bonds. The molecule has 0 aliphatic heterocycles. The Morgan fingerprint density at radius 1 is 1.00 bits per heavy atom. The van der Waals surface area contributed by atoms with Crippen LogP contribution in [-0.4, -0.2) is 34.3 Å². The third-order valence-corrected chi connectivity index (χ3v) is 7.96. The van der Waals surface area contributed by atoms with Crippen molar-refractivity contribution in [2.75, 3.05) is 13.8 Å². The fourth-order valence-corrected chi connectivity index (χ4v) is 5.22. The second-order valence-corrected chi connectivity index (χ2v) is 11.0. The first-order valence-electron chi connectivity index (χ1n) is 14.0. The van der Waals surface area contributed by atoms with E-state index >= 15 is 4.39 Å². The number of alkyl halides is 1. The number of carbonyl (C=O) groups is 1. The Balaban J connectivity index is 1.26. The number of aromatic nitrogens is 3. The van der Waals surface area contributed by atoms with Crippen molar-refractivity contribution in [3.8, 4) is 23.2 Å². The largest absolute Gasteiger partial charge is 0.473 e. The molecule has 0 N–H and O–H groups in total. The van der Waals surface area contributed by atoms with E-state index < -0.39 is 29.7 Å². The summed E-state index contributed by atoms with van der Waals surface area (Å²) >= 11 is 0. The zero-order valence-corrected chi connectivity index (χ0v) is 23.8. The van der Waals surface area contributed by atoms with Gasteiger partial charge in [0.1, 0.15) is 24.1 Å². The van der Waals surface area contributed by atoms with Crippen LogP contribution in [0.4, 0.5) is 13.2 Å². The summed E-state index contributed by atoms with van der Waals surface area (Å²) in [6, 6.07) is 20.9. The summed E-state index contributed by atoms with van der Waals surface area (Å²) in [5.41, 5.74) is 2.74. The molecule has 0 unspecified atom stereocenters. The van der Waals surface area contributed by atoms with Gasteiger partial charge in [0.2, 0.25) is 5.88 Å². The van der Waals surface area contributed by atoms with Crippen molar-refractivity contribution in [3.05, 3.63) is 113 Å². The first-order valence-corrected chi connectivity index (χ1v) is 14.0. The average molecular weight is 597 g/mol. The maximum absolute atomic E-state index is 15.6. The van der Waals surface area contributed by atoms with Crippen molar-refractivity contribution >= 4 is 17.0 Å². The number of nitrogens with zero attached hydrogens (tertiary/aromatic N) is 4. The number of nitriles is 1. The lowest BCUT2D eigenvalue weighted by Crippen LogP contribution is -2.17. The topological polar surface area (TPSA) is 90.0 Å². The molecule has 1 aliphatic carbocycles. The molecule has 3 aromatic carbocycles.